The first-order chi connectivity index (χ1) is 8.16. The number of carboxylic acid groups (broad SMARTS) is 1. The largest absolute Gasteiger partial charge is 0.480 e. The van der Waals surface area contributed by atoms with Crippen molar-refractivity contribution in [2.45, 2.75) is 13.5 Å². The van der Waals surface area contributed by atoms with E-state index in [1.807, 2.05) is 30.3 Å². The van der Waals surface area contributed by atoms with Gasteiger partial charge in [0.25, 0.3) is 0 Å². The van der Waals surface area contributed by atoms with Crippen LogP contribution in [0.15, 0.2) is 36.5 Å². The first-order valence-corrected chi connectivity index (χ1v) is 5.14. The topological polar surface area (TPSA) is 64.4 Å². The van der Waals surface area contributed by atoms with Gasteiger partial charge in [-0.2, -0.15) is 5.10 Å². The number of aliphatic carboxylic acids is 1. The van der Waals surface area contributed by atoms with Crippen molar-refractivity contribution in [2.75, 3.05) is 0 Å². The zero-order valence-electron chi connectivity index (χ0n) is 9.33. The molecule has 5 heteroatoms. The smallest absolute Gasteiger partial charge is 0.325 e. The highest BCUT2D eigenvalue weighted by atomic mass is 16.5. The van der Waals surface area contributed by atoms with E-state index in [1.54, 1.807) is 6.92 Å². The van der Waals surface area contributed by atoms with Crippen molar-refractivity contribution >= 4 is 5.97 Å². The molecule has 1 N–H and O–H groups in total. The Morgan fingerprint density at radius 3 is 2.76 bits per heavy atom. The van der Waals surface area contributed by atoms with E-state index in [4.69, 9.17) is 9.84 Å². The maximum Gasteiger partial charge on any atom is 0.325 e. The Balaban J connectivity index is 2.18. The lowest BCUT2D eigenvalue weighted by Crippen LogP contribution is -2.11. The van der Waals surface area contributed by atoms with Gasteiger partial charge in [0.15, 0.2) is 5.75 Å². The number of carboxylic acids is 1. The third-order valence-electron chi connectivity index (χ3n) is 2.31. The molecule has 1 heterocycles. The molecule has 0 spiro atoms. The number of hydrogen-bond acceptors (Lipinski definition) is 3. The zero-order chi connectivity index (χ0) is 12.3. The van der Waals surface area contributed by atoms with Crippen LogP contribution < -0.4 is 4.74 Å². The Kier molecular flexibility index (Phi) is 3.09. The number of aromatic nitrogens is 2. The quantitative estimate of drug-likeness (QED) is 0.876. The van der Waals surface area contributed by atoms with Crippen LogP contribution >= 0.6 is 0 Å². The van der Waals surface area contributed by atoms with Crippen LogP contribution in [0.1, 0.15) is 5.69 Å². The van der Waals surface area contributed by atoms with Crippen LogP contribution in [0.2, 0.25) is 0 Å². The molecule has 17 heavy (non-hydrogen) atoms. The van der Waals surface area contributed by atoms with Crippen LogP contribution in [-0.2, 0) is 11.3 Å². The van der Waals surface area contributed by atoms with Crippen molar-refractivity contribution in [3.63, 3.8) is 0 Å². The lowest BCUT2D eigenvalue weighted by Gasteiger charge is -2.04. The Morgan fingerprint density at radius 2 is 2.12 bits per heavy atom. The van der Waals surface area contributed by atoms with Gasteiger partial charge in [0.2, 0.25) is 0 Å². The maximum atomic E-state index is 10.6. The molecule has 0 radical (unpaired) electrons. The summed E-state index contributed by atoms with van der Waals surface area (Å²) < 4.78 is 6.98. The van der Waals surface area contributed by atoms with Gasteiger partial charge >= 0.3 is 5.97 Å². The first-order valence-electron chi connectivity index (χ1n) is 5.14. The molecule has 0 saturated heterocycles. The van der Waals surface area contributed by atoms with Crippen LogP contribution in [0.3, 0.4) is 0 Å². The summed E-state index contributed by atoms with van der Waals surface area (Å²) in [6, 6.07) is 9.29. The molecule has 0 saturated carbocycles. The molecule has 1 aromatic heterocycles. The van der Waals surface area contributed by atoms with Crippen molar-refractivity contribution in [1.82, 2.24) is 9.78 Å². The Labute approximate surface area is 98.3 Å². The van der Waals surface area contributed by atoms with Gasteiger partial charge in [-0.15, -0.1) is 0 Å². The molecular formula is C12H12N2O3. The predicted molar refractivity (Wildman–Crippen MR) is 61.1 cm³/mol. The highest BCUT2D eigenvalue weighted by Crippen LogP contribution is 2.23. The van der Waals surface area contributed by atoms with E-state index in [9.17, 15) is 4.79 Å². The molecule has 0 fully saturated rings. The van der Waals surface area contributed by atoms with Crippen molar-refractivity contribution in [3.05, 3.63) is 42.2 Å². The fourth-order valence-electron chi connectivity index (χ4n) is 1.43. The van der Waals surface area contributed by atoms with Gasteiger partial charge in [-0.05, 0) is 19.1 Å². The Bertz CT molecular complexity index is 520. The van der Waals surface area contributed by atoms with Gasteiger partial charge in [-0.25, -0.2) is 0 Å². The van der Waals surface area contributed by atoms with Crippen molar-refractivity contribution in [1.29, 1.82) is 0 Å². The fraction of sp³-hybridized carbons (Fsp3) is 0.167. The summed E-state index contributed by atoms with van der Waals surface area (Å²) in [5, 5.41) is 12.7. The molecule has 1 aromatic carbocycles. The van der Waals surface area contributed by atoms with E-state index >= 15 is 0 Å². The SMILES string of the molecule is Cc1c(Oc2ccccc2)cnn1CC(=O)O. The molecule has 2 rings (SSSR count). The van der Waals surface area contributed by atoms with Gasteiger partial charge in [-0.3, -0.25) is 9.48 Å². The van der Waals surface area contributed by atoms with Gasteiger partial charge in [0.05, 0.1) is 11.9 Å². The Morgan fingerprint density at radius 1 is 1.41 bits per heavy atom. The average Bonchev–Trinajstić information content (AvgIpc) is 2.62. The second kappa shape index (κ2) is 4.69. The minimum Gasteiger partial charge on any atom is -0.480 e. The number of rotatable bonds is 4. The fourth-order valence-corrected chi connectivity index (χ4v) is 1.43. The molecule has 0 aliphatic heterocycles. The molecule has 5 nitrogen and oxygen atoms in total. The molecule has 0 bridgehead atoms. The molecule has 0 amide bonds. The minimum atomic E-state index is -0.928. The van der Waals surface area contributed by atoms with E-state index in [2.05, 4.69) is 5.10 Å². The number of carbonyl (C=O) groups is 1. The summed E-state index contributed by atoms with van der Waals surface area (Å²) in [7, 11) is 0. The number of para-hydroxylation sites is 1. The second-order valence-corrected chi connectivity index (χ2v) is 3.56. The third-order valence-corrected chi connectivity index (χ3v) is 2.31. The molecule has 2 aromatic rings. The lowest BCUT2D eigenvalue weighted by molar-refractivity contribution is -0.137. The van der Waals surface area contributed by atoms with Crippen LogP contribution in [0.25, 0.3) is 0 Å². The number of ether oxygens (including phenoxy) is 1. The molecule has 0 atom stereocenters. The minimum absolute atomic E-state index is 0.163. The highest BCUT2D eigenvalue weighted by Gasteiger charge is 2.10. The summed E-state index contributed by atoms with van der Waals surface area (Å²) in [5.74, 6) is 0.338. The van der Waals surface area contributed by atoms with Crippen LogP contribution in [0, 0.1) is 6.92 Å². The molecule has 0 aliphatic carbocycles. The van der Waals surface area contributed by atoms with Crippen LogP contribution in [0.5, 0.6) is 11.5 Å². The summed E-state index contributed by atoms with van der Waals surface area (Å²) >= 11 is 0. The van der Waals surface area contributed by atoms with Gasteiger partial charge in [0, 0.05) is 0 Å². The van der Waals surface area contributed by atoms with Crippen molar-refractivity contribution in [3.8, 4) is 11.5 Å². The predicted octanol–water partition coefficient (Wildman–Crippen LogP) is 2.07. The number of nitrogens with zero attached hydrogens (tertiary/aromatic N) is 2. The van der Waals surface area contributed by atoms with Crippen molar-refractivity contribution < 1.29 is 14.6 Å². The lowest BCUT2D eigenvalue weighted by atomic mass is 10.3. The monoisotopic (exact) mass is 232 g/mol. The Hall–Kier alpha value is -2.30. The van der Waals surface area contributed by atoms with Gasteiger partial charge in [0.1, 0.15) is 12.3 Å². The van der Waals surface area contributed by atoms with E-state index in [0.717, 1.165) is 0 Å². The molecular weight excluding hydrogens is 220 g/mol. The maximum absolute atomic E-state index is 10.6. The van der Waals surface area contributed by atoms with E-state index < -0.39 is 5.97 Å². The summed E-state index contributed by atoms with van der Waals surface area (Å²) in [6.07, 6.45) is 1.52. The standard InChI is InChI=1S/C12H12N2O3/c1-9-11(7-13-14(9)8-12(15)16)17-10-5-3-2-4-6-10/h2-7H,8H2,1H3,(H,15,16). The van der Waals surface area contributed by atoms with Crippen LogP contribution in [0.4, 0.5) is 0 Å². The molecule has 0 unspecified atom stereocenters. The summed E-state index contributed by atoms with van der Waals surface area (Å²) in [4.78, 5) is 10.6. The number of benzene rings is 1. The molecule has 0 aliphatic rings. The van der Waals surface area contributed by atoms with Gasteiger partial charge in [-0.1, -0.05) is 18.2 Å². The van der Waals surface area contributed by atoms with E-state index in [1.165, 1.54) is 10.9 Å². The summed E-state index contributed by atoms with van der Waals surface area (Å²) in [5.41, 5.74) is 0.691. The second-order valence-electron chi connectivity index (χ2n) is 3.56. The average molecular weight is 232 g/mol. The summed E-state index contributed by atoms with van der Waals surface area (Å²) in [6.45, 7) is 1.61. The zero-order valence-corrected chi connectivity index (χ0v) is 9.33. The van der Waals surface area contributed by atoms with Crippen molar-refractivity contribution in [2.24, 2.45) is 0 Å². The number of hydrogen-bond donors (Lipinski definition) is 1. The highest BCUT2D eigenvalue weighted by molar-refractivity contribution is 5.66. The molecule has 88 valence electrons. The third kappa shape index (κ3) is 2.63. The van der Waals surface area contributed by atoms with Gasteiger partial charge < -0.3 is 9.84 Å². The first kappa shape index (κ1) is 11.2. The normalized spacial score (nSPS) is 10.2. The van der Waals surface area contributed by atoms with Crippen LogP contribution in [-0.4, -0.2) is 20.9 Å². The van der Waals surface area contributed by atoms with E-state index in [0.29, 0.717) is 17.2 Å². The van der Waals surface area contributed by atoms with E-state index in [-0.39, 0.29) is 6.54 Å².